The predicted octanol–water partition coefficient (Wildman–Crippen LogP) is 2.26. The van der Waals surface area contributed by atoms with Crippen LogP contribution in [0.1, 0.15) is 31.4 Å². The van der Waals surface area contributed by atoms with Gasteiger partial charge in [-0.15, -0.1) is 0 Å². The number of rotatable bonds is 6. The van der Waals surface area contributed by atoms with E-state index in [1.807, 2.05) is 35.4 Å². The van der Waals surface area contributed by atoms with Gasteiger partial charge in [0.1, 0.15) is 0 Å². The third-order valence-corrected chi connectivity index (χ3v) is 4.62. The van der Waals surface area contributed by atoms with Crippen LogP contribution in [-0.4, -0.2) is 32.9 Å². The number of aromatic nitrogens is 2. The van der Waals surface area contributed by atoms with E-state index in [-0.39, 0.29) is 11.5 Å². The maximum atomic E-state index is 12.5. The van der Waals surface area contributed by atoms with Crippen LogP contribution in [0, 0.1) is 0 Å². The summed E-state index contributed by atoms with van der Waals surface area (Å²) < 4.78 is 1.59. The van der Waals surface area contributed by atoms with Gasteiger partial charge in [0, 0.05) is 49.7 Å². The molecule has 3 heterocycles. The minimum atomic E-state index is -0.0570. The average Bonchev–Trinajstić information content (AvgIpc) is 3.08. The molecule has 0 radical (unpaired) electrons. The fraction of sp³-hybridized carbons (Fsp3) is 0.421. The zero-order valence-corrected chi connectivity index (χ0v) is 13.8. The first-order valence-corrected chi connectivity index (χ1v) is 8.59. The highest BCUT2D eigenvalue weighted by molar-refractivity contribution is 5.76. The molecule has 1 aliphatic heterocycles. The van der Waals surface area contributed by atoms with Crippen molar-refractivity contribution in [3.63, 3.8) is 0 Å². The van der Waals surface area contributed by atoms with E-state index in [1.54, 1.807) is 16.8 Å². The van der Waals surface area contributed by atoms with Crippen molar-refractivity contribution >= 4 is 5.91 Å². The number of hydrogen-bond donors (Lipinski definition) is 0. The molecule has 1 amide bonds. The molecule has 5 heteroatoms. The standard InChI is InChI=1S/C19H23N3O2/c23-18-8-2-4-13-21(18)15-11-19(24)22-14-5-7-17(22)10-9-16-6-1-3-12-20-16/h1-4,6,8,12-13,17H,5,7,9-11,14-15H2/t17-/m1/s1. The molecule has 0 saturated carbocycles. The van der Waals surface area contributed by atoms with Crippen LogP contribution in [0.3, 0.4) is 0 Å². The molecule has 3 rings (SSSR count). The van der Waals surface area contributed by atoms with E-state index in [9.17, 15) is 9.59 Å². The van der Waals surface area contributed by atoms with Gasteiger partial charge in [-0.3, -0.25) is 14.6 Å². The Hall–Kier alpha value is -2.43. The summed E-state index contributed by atoms with van der Waals surface area (Å²) in [5.74, 6) is 0.147. The Kier molecular flexibility index (Phi) is 5.41. The summed E-state index contributed by atoms with van der Waals surface area (Å²) in [6.07, 6.45) is 7.89. The SMILES string of the molecule is O=C(CCn1ccccc1=O)N1CCC[C@@H]1CCc1ccccn1. The van der Waals surface area contributed by atoms with Crippen LogP contribution in [-0.2, 0) is 17.8 Å². The summed E-state index contributed by atoms with van der Waals surface area (Å²) in [5, 5.41) is 0. The quantitative estimate of drug-likeness (QED) is 0.818. The Bertz CT molecular complexity index is 727. The Morgan fingerprint density at radius 1 is 1.21 bits per heavy atom. The second-order valence-corrected chi connectivity index (χ2v) is 6.23. The minimum absolute atomic E-state index is 0.0570. The number of pyridine rings is 2. The molecule has 1 atom stereocenters. The molecule has 5 nitrogen and oxygen atoms in total. The lowest BCUT2D eigenvalue weighted by molar-refractivity contribution is -0.132. The molecule has 0 aromatic carbocycles. The highest BCUT2D eigenvalue weighted by Crippen LogP contribution is 2.22. The van der Waals surface area contributed by atoms with Crippen molar-refractivity contribution in [2.45, 2.75) is 44.7 Å². The van der Waals surface area contributed by atoms with Gasteiger partial charge in [0.05, 0.1) is 0 Å². The van der Waals surface area contributed by atoms with E-state index >= 15 is 0 Å². The summed E-state index contributed by atoms with van der Waals surface area (Å²) >= 11 is 0. The molecule has 0 N–H and O–H groups in total. The van der Waals surface area contributed by atoms with Gasteiger partial charge in [-0.1, -0.05) is 12.1 Å². The monoisotopic (exact) mass is 325 g/mol. The maximum absolute atomic E-state index is 12.5. The van der Waals surface area contributed by atoms with Gasteiger partial charge in [0.25, 0.3) is 5.56 Å². The van der Waals surface area contributed by atoms with Gasteiger partial charge >= 0.3 is 0 Å². The molecular weight excluding hydrogens is 302 g/mol. The van der Waals surface area contributed by atoms with E-state index in [1.165, 1.54) is 6.07 Å². The third kappa shape index (κ3) is 4.10. The van der Waals surface area contributed by atoms with E-state index < -0.39 is 0 Å². The fourth-order valence-corrected chi connectivity index (χ4v) is 3.33. The van der Waals surface area contributed by atoms with Crippen LogP contribution < -0.4 is 5.56 Å². The van der Waals surface area contributed by atoms with Crippen molar-refractivity contribution < 1.29 is 4.79 Å². The number of aryl methyl sites for hydroxylation is 2. The Morgan fingerprint density at radius 2 is 2.08 bits per heavy atom. The van der Waals surface area contributed by atoms with E-state index in [2.05, 4.69) is 4.98 Å². The fourth-order valence-electron chi connectivity index (χ4n) is 3.33. The average molecular weight is 325 g/mol. The van der Waals surface area contributed by atoms with Crippen LogP contribution >= 0.6 is 0 Å². The Morgan fingerprint density at radius 3 is 2.88 bits per heavy atom. The van der Waals surface area contributed by atoms with Gasteiger partial charge in [-0.05, 0) is 43.9 Å². The van der Waals surface area contributed by atoms with Gasteiger partial charge in [0.2, 0.25) is 5.91 Å². The largest absolute Gasteiger partial charge is 0.340 e. The van der Waals surface area contributed by atoms with Gasteiger partial charge < -0.3 is 9.47 Å². The van der Waals surface area contributed by atoms with Gasteiger partial charge in [-0.2, -0.15) is 0 Å². The summed E-state index contributed by atoms with van der Waals surface area (Å²) in [7, 11) is 0. The number of hydrogen-bond acceptors (Lipinski definition) is 3. The highest BCUT2D eigenvalue weighted by atomic mass is 16.2. The molecule has 0 spiro atoms. The topological polar surface area (TPSA) is 55.2 Å². The first-order valence-electron chi connectivity index (χ1n) is 8.59. The molecule has 0 unspecified atom stereocenters. The predicted molar refractivity (Wildman–Crippen MR) is 92.6 cm³/mol. The summed E-state index contributed by atoms with van der Waals surface area (Å²) in [6, 6.07) is 11.3. The van der Waals surface area contributed by atoms with E-state index in [0.717, 1.165) is 37.9 Å². The number of likely N-dealkylation sites (tertiary alicyclic amines) is 1. The van der Waals surface area contributed by atoms with Crippen LogP contribution in [0.25, 0.3) is 0 Å². The Balaban J connectivity index is 1.53. The molecule has 1 saturated heterocycles. The van der Waals surface area contributed by atoms with E-state index in [0.29, 0.717) is 19.0 Å². The van der Waals surface area contributed by atoms with Crippen LogP contribution in [0.4, 0.5) is 0 Å². The van der Waals surface area contributed by atoms with Crippen molar-refractivity contribution in [3.8, 4) is 0 Å². The second-order valence-electron chi connectivity index (χ2n) is 6.23. The molecule has 126 valence electrons. The van der Waals surface area contributed by atoms with Crippen molar-refractivity contribution in [2.24, 2.45) is 0 Å². The van der Waals surface area contributed by atoms with E-state index in [4.69, 9.17) is 0 Å². The molecule has 1 aliphatic rings. The van der Waals surface area contributed by atoms with Crippen LogP contribution in [0.5, 0.6) is 0 Å². The zero-order valence-electron chi connectivity index (χ0n) is 13.8. The molecule has 24 heavy (non-hydrogen) atoms. The van der Waals surface area contributed by atoms with Crippen molar-refractivity contribution in [3.05, 3.63) is 64.8 Å². The highest BCUT2D eigenvalue weighted by Gasteiger charge is 2.28. The molecule has 1 fully saturated rings. The minimum Gasteiger partial charge on any atom is -0.340 e. The number of carbonyl (C=O) groups is 1. The zero-order chi connectivity index (χ0) is 16.8. The maximum Gasteiger partial charge on any atom is 0.250 e. The molecule has 2 aromatic rings. The smallest absolute Gasteiger partial charge is 0.250 e. The van der Waals surface area contributed by atoms with Crippen LogP contribution in [0.2, 0.25) is 0 Å². The molecular formula is C19H23N3O2. The Labute approximate surface area is 141 Å². The number of carbonyl (C=O) groups excluding carboxylic acids is 1. The third-order valence-electron chi connectivity index (χ3n) is 4.62. The van der Waals surface area contributed by atoms with Crippen LogP contribution in [0.15, 0.2) is 53.6 Å². The lowest BCUT2D eigenvalue weighted by atomic mass is 10.1. The first kappa shape index (κ1) is 16.4. The normalized spacial score (nSPS) is 17.2. The van der Waals surface area contributed by atoms with Gasteiger partial charge in [0.15, 0.2) is 0 Å². The van der Waals surface area contributed by atoms with Crippen molar-refractivity contribution in [2.75, 3.05) is 6.54 Å². The molecule has 0 aliphatic carbocycles. The summed E-state index contributed by atoms with van der Waals surface area (Å²) in [6.45, 7) is 1.28. The first-order chi connectivity index (χ1) is 11.7. The lowest BCUT2D eigenvalue weighted by Crippen LogP contribution is -2.36. The molecule has 2 aromatic heterocycles. The number of amides is 1. The summed E-state index contributed by atoms with van der Waals surface area (Å²) in [5.41, 5.74) is 1.02. The molecule has 0 bridgehead atoms. The van der Waals surface area contributed by atoms with Gasteiger partial charge in [-0.25, -0.2) is 0 Å². The summed E-state index contributed by atoms with van der Waals surface area (Å²) in [4.78, 5) is 30.6. The van der Waals surface area contributed by atoms with Crippen molar-refractivity contribution in [1.29, 1.82) is 0 Å². The second kappa shape index (κ2) is 7.90. The number of nitrogens with zero attached hydrogens (tertiary/aromatic N) is 3. The van der Waals surface area contributed by atoms with Crippen molar-refractivity contribution in [1.82, 2.24) is 14.5 Å². The lowest BCUT2D eigenvalue weighted by Gasteiger charge is -2.25.